The Balaban J connectivity index is 1.49. The van der Waals surface area contributed by atoms with Crippen LogP contribution in [0.15, 0.2) is 0 Å². The standard InChI is InChI=1S/C16H28ClNO/c1-13-11-18(10-6-15(13)17)12-14-5-9-16(19-14)7-3-2-4-8-16/h13-15H,2-12H2,1H3. The average Bonchev–Trinajstić information content (AvgIpc) is 2.78. The molecule has 2 saturated heterocycles. The average molecular weight is 286 g/mol. The predicted octanol–water partition coefficient (Wildman–Crippen LogP) is 3.82. The van der Waals surface area contributed by atoms with Gasteiger partial charge in [-0.2, -0.15) is 0 Å². The molecule has 0 aromatic carbocycles. The molecule has 0 N–H and O–H groups in total. The van der Waals surface area contributed by atoms with E-state index in [2.05, 4.69) is 11.8 Å². The Labute approximate surface area is 122 Å². The Bertz CT molecular complexity index is 303. The van der Waals surface area contributed by atoms with Gasteiger partial charge in [0.05, 0.1) is 11.7 Å². The Morgan fingerprint density at radius 3 is 2.68 bits per heavy atom. The first kappa shape index (κ1) is 14.2. The lowest BCUT2D eigenvalue weighted by molar-refractivity contribution is -0.0738. The summed E-state index contributed by atoms with van der Waals surface area (Å²) in [7, 11) is 0. The summed E-state index contributed by atoms with van der Waals surface area (Å²) in [6.45, 7) is 5.73. The van der Waals surface area contributed by atoms with Crippen LogP contribution in [0.1, 0.15) is 58.3 Å². The van der Waals surface area contributed by atoms with Gasteiger partial charge >= 0.3 is 0 Å². The van der Waals surface area contributed by atoms with Gasteiger partial charge in [-0.3, -0.25) is 0 Å². The number of hydrogen-bond acceptors (Lipinski definition) is 2. The highest BCUT2D eigenvalue weighted by Gasteiger charge is 2.41. The minimum Gasteiger partial charge on any atom is -0.370 e. The van der Waals surface area contributed by atoms with Gasteiger partial charge in [-0.05, 0) is 44.6 Å². The summed E-state index contributed by atoms with van der Waals surface area (Å²) in [5.41, 5.74) is 0.277. The molecule has 0 radical (unpaired) electrons. The van der Waals surface area contributed by atoms with Gasteiger partial charge in [0.25, 0.3) is 0 Å². The molecule has 1 aliphatic carbocycles. The second-order valence-corrected chi connectivity index (χ2v) is 7.62. The van der Waals surface area contributed by atoms with Crippen molar-refractivity contribution in [2.75, 3.05) is 19.6 Å². The maximum atomic E-state index is 6.48. The molecule has 1 spiro atoms. The fourth-order valence-corrected chi connectivity index (χ4v) is 4.42. The van der Waals surface area contributed by atoms with E-state index in [-0.39, 0.29) is 5.60 Å². The summed E-state index contributed by atoms with van der Waals surface area (Å²) in [5.74, 6) is 0.625. The van der Waals surface area contributed by atoms with Crippen molar-refractivity contribution in [1.29, 1.82) is 0 Å². The van der Waals surface area contributed by atoms with Crippen LogP contribution in [0, 0.1) is 5.92 Å². The van der Waals surface area contributed by atoms with Gasteiger partial charge in [0.2, 0.25) is 0 Å². The van der Waals surface area contributed by atoms with E-state index in [1.807, 2.05) is 0 Å². The van der Waals surface area contributed by atoms with Crippen LogP contribution in [0.25, 0.3) is 0 Å². The molecule has 0 amide bonds. The minimum absolute atomic E-state index is 0.277. The first-order chi connectivity index (χ1) is 9.17. The summed E-state index contributed by atoms with van der Waals surface area (Å²) in [5, 5.41) is 0.380. The van der Waals surface area contributed by atoms with Crippen LogP contribution >= 0.6 is 11.6 Å². The lowest BCUT2D eigenvalue weighted by atomic mass is 9.83. The molecular formula is C16H28ClNO. The van der Waals surface area contributed by atoms with Gasteiger partial charge in [0, 0.05) is 18.5 Å². The first-order valence-corrected chi connectivity index (χ1v) is 8.65. The van der Waals surface area contributed by atoms with E-state index in [9.17, 15) is 0 Å². The SMILES string of the molecule is CC1CN(CC2CCC3(CCCCC3)O2)CCC1Cl. The molecule has 2 aliphatic heterocycles. The molecule has 19 heavy (non-hydrogen) atoms. The van der Waals surface area contributed by atoms with E-state index in [0.717, 1.165) is 26.1 Å². The van der Waals surface area contributed by atoms with Crippen molar-refractivity contribution in [3.05, 3.63) is 0 Å². The lowest BCUT2D eigenvalue weighted by Crippen LogP contribution is -2.44. The quantitative estimate of drug-likeness (QED) is 0.715. The number of likely N-dealkylation sites (tertiary alicyclic amines) is 1. The molecular weight excluding hydrogens is 258 g/mol. The molecule has 3 atom stereocenters. The zero-order valence-electron chi connectivity index (χ0n) is 12.2. The van der Waals surface area contributed by atoms with Crippen molar-refractivity contribution in [2.45, 2.75) is 75.4 Å². The monoisotopic (exact) mass is 285 g/mol. The number of piperidine rings is 1. The van der Waals surface area contributed by atoms with Crippen molar-refractivity contribution < 1.29 is 4.74 Å². The molecule has 2 nitrogen and oxygen atoms in total. The van der Waals surface area contributed by atoms with Gasteiger partial charge in [-0.25, -0.2) is 0 Å². The number of nitrogens with zero attached hydrogens (tertiary/aromatic N) is 1. The van der Waals surface area contributed by atoms with Crippen LogP contribution in [0.3, 0.4) is 0 Å². The number of rotatable bonds is 2. The molecule has 3 rings (SSSR count). The van der Waals surface area contributed by atoms with Crippen molar-refractivity contribution >= 4 is 11.6 Å². The van der Waals surface area contributed by atoms with Crippen LogP contribution in [0.5, 0.6) is 0 Å². The van der Waals surface area contributed by atoms with Crippen LogP contribution in [0.2, 0.25) is 0 Å². The Hall–Kier alpha value is 0.210. The van der Waals surface area contributed by atoms with E-state index in [0.29, 0.717) is 17.4 Å². The third-order valence-corrected chi connectivity index (χ3v) is 6.10. The van der Waals surface area contributed by atoms with Gasteiger partial charge in [-0.15, -0.1) is 11.6 Å². The number of halogens is 1. The summed E-state index contributed by atoms with van der Waals surface area (Å²) >= 11 is 6.31. The van der Waals surface area contributed by atoms with Crippen LogP contribution < -0.4 is 0 Å². The summed E-state index contributed by atoms with van der Waals surface area (Å²) in [6, 6.07) is 0. The highest BCUT2D eigenvalue weighted by molar-refractivity contribution is 6.20. The van der Waals surface area contributed by atoms with E-state index in [1.165, 1.54) is 44.9 Å². The van der Waals surface area contributed by atoms with Crippen LogP contribution in [-0.4, -0.2) is 41.6 Å². The second kappa shape index (κ2) is 5.91. The molecule has 2 heterocycles. The second-order valence-electron chi connectivity index (χ2n) is 7.06. The molecule has 3 heteroatoms. The highest BCUT2D eigenvalue weighted by atomic mass is 35.5. The zero-order valence-corrected chi connectivity index (χ0v) is 13.0. The molecule has 1 saturated carbocycles. The third kappa shape index (κ3) is 3.28. The topological polar surface area (TPSA) is 12.5 Å². The predicted molar refractivity (Wildman–Crippen MR) is 79.8 cm³/mol. The molecule has 0 aromatic rings. The number of hydrogen-bond donors (Lipinski definition) is 0. The van der Waals surface area contributed by atoms with E-state index >= 15 is 0 Å². The highest BCUT2D eigenvalue weighted by Crippen LogP contribution is 2.42. The van der Waals surface area contributed by atoms with Gasteiger partial charge in [0.1, 0.15) is 0 Å². The fraction of sp³-hybridized carbons (Fsp3) is 1.00. The number of alkyl halides is 1. The summed E-state index contributed by atoms with van der Waals surface area (Å²) in [4.78, 5) is 2.58. The Kier molecular flexibility index (Phi) is 4.40. The molecule has 0 aromatic heterocycles. The van der Waals surface area contributed by atoms with Crippen molar-refractivity contribution in [1.82, 2.24) is 4.90 Å². The molecule has 0 bridgehead atoms. The van der Waals surface area contributed by atoms with Crippen LogP contribution in [0.4, 0.5) is 0 Å². The van der Waals surface area contributed by atoms with Crippen LogP contribution in [-0.2, 0) is 4.74 Å². The Morgan fingerprint density at radius 2 is 1.95 bits per heavy atom. The number of ether oxygens (including phenoxy) is 1. The molecule has 3 aliphatic rings. The normalized spacial score (nSPS) is 39.8. The van der Waals surface area contributed by atoms with E-state index in [4.69, 9.17) is 16.3 Å². The summed E-state index contributed by atoms with van der Waals surface area (Å²) < 4.78 is 6.48. The van der Waals surface area contributed by atoms with Crippen molar-refractivity contribution in [3.63, 3.8) is 0 Å². The van der Waals surface area contributed by atoms with Gasteiger partial charge < -0.3 is 9.64 Å². The van der Waals surface area contributed by atoms with E-state index < -0.39 is 0 Å². The molecule has 3 unspecified atom stereocenters. The van der Waals surface area contributed by atoms with Crippen molar-refractivity contribution in [2.24, 2.45) is 5.92 Å². The zero-order chi connectivity index (χ0) is 13.3. The third-order valence-electron chi connectivity index (χ3n) is 5.45. The molecule has 3 fully saturated rings. The van der Waals surface area contributed by atoms with Crippen molar-refractivity contribution in [3.8, 4) is 0 Å². The smallest absolute Gasteiger partial charge is 0.0710 e. The molecule has 110 valence electrons. The largest absolute Gasteiger partial charge is 0.370 e. The Morgan fingerprint density at radius 1 is 1.16 bits per heavy atom. The van der Waals surface area contributed by atoms with Gasteiger partial charge in [0.15, 0.2) is 0 Å². The maximum Gasteiger partial charge on any atom is 0.0710 e. The summed E-state index contributed by atoms with van der Waals surface area (Å²) in [6.07, 6.45) is 11.0. The first-order valence-electron chi connectivity index (χ1n) is 8.21. The van der Waals surface area contributed by atoms with E-state index in [1.54, 1.807) is 0 Å². The minimum atomic E-state index is 0.277. The van der Waals surface area contributed by atoms with Gasteiger partial charge in [-0.1, -0.05) is 26.2 Å². The maximum absolute atomic E-state index is 6.48. The lowest BCUT2D eigenvalue weighted by Gasteiger charge is -2.37. The fourth-order valence-electron chi connectivity index (χ4n) is 4.25.